The van der Waals surface area contributed by atoms with Gasteiger partial charge in [-0.1, -0.05) is 60.7 Å². The molecule has 168 valence electrons. The first kappa shape index (κ1) is 22.1. The lowest BCUT2D eigenvalue weighted by atomic mass is 10.0. The highest BCUT2D eigenvalue weighted by Crippen LogP contribution is 2.37. The molecule has 0 aliphatic carbocycles. The molecule has 7 nitrogen and oxygen atoms in total. The molecule has 0 spiro atoms. The summed E-state index contributed by atoms with van der Waals surface area (Å²) in [6.07, 6.45) is -0.835. The average molecular weight is 440 g/mol. The van der Waals surface area contributed by atoms with Crippen LogP contribution in [0.2, 0.25) is 0 Å². The SMILES string of the molecule is O=c1ccn(C2OC(COCc3ccccc3)C(OCc3ccccc3)C2CF)c(=O)[nH]1. The Kier molecular flexibility index (Phi) is 7.26. The van der Waals surface area contributed by atoms with Gasteiger partial charge in [-0.05, 0) is 11.1 Å². The van der Waals surface area contributed by atoms with Crippen LogP contribution in [0, 0.1) is 5.92 Å². The second-order valence-electron chi connectivity index (χ2n) is 7.66. The molecule has 4 atom stereocenters. The van der Waals surface area contributed by atoms with Gasteiger partial charge in [-0.3, -0.25) is 18.7 Å². The summed E-state index contributed by atoms with van der Waals surface area (Å²) in [5.41, 5.74) is 0.760. The zero-order valence-corrected chi connectivity index (χ0v) is 17.4. The highest BCUT2D eigenvalue weighted by Gasteiger charge is 2.46. The van der Waals surface area contributed by atoms with Gasteiger partial charge < -0.3 is 14.2 Å². The number of aromatic nitrogens is 2. The predicted molar refractivity (Wildman–Crippen MR) is 116 cm³/mol. The Morgan fingerprint density at radius 3 is 2.22 bits per heavy atom. The number of aromatic amines is 1. The normalized spacial score (nSPS) is 22.8. The maximum atomic E-state index is 14.2. The standard InChI is InChI=1S/C24H25FN2O5/c25-13-19-22(31-15-18-9-5-2-6-10-18)20(16-30-14-17-7-3-1-4-8-17)32-23(19)27-12-11-21(28)26-24(27)29/h1-12,19-20,22-23H,13-16H2,(H,26,28,29). The largest absolute Gasteiger partial charge is 0.374 e. The second-order valence-corrected chi connectivity index (χ2v) is 7.66. The van der Waals surface area contributed by atoms with Gasteiger partial charge in [0.25, 0.3) is 5.56 Å². The van der Waals surface area contributed by atoms with E-state index >= 15 is 0 Å². The van der Waals surface area contributed by atoms with Crippen molar-refractivity contribution >= 4 is 0 Å². The van der Waals surface area contributed by atoms with Crippen molar-refractivity contribution in [1.82, 2.24) is 9.55 Å². The number of H-pyrrole nitrogens is 1. The maximum Gasteiger partial charge on any atom is 0.330 e. The van der Waals surface area contributed by atoms with Gasteiger partial charge in [0.15, 0.2) is 0 Å². The molecule has 2 heterocycles. The average Bonchev–Trinajstić information content (AvgIpc) is 3.16. The summed E-state index contributed by atoms with van der Waals surface area (Å²) in [4.78, 5) is 25.9. The molecule has 1 fully saturated rings. The third-order valence-electron chi connectivity index (χ3n) is 5.45. The summed E-state index contributed by atoms with van der Waals surface area (Å²) in [5, 5.41) is 0. The second kappa shape index (κ2) is 10.5. The fraction of sp³-hybridized carbons (Fsp3) is 0.333. The van der Waals surface area contributed by atoms with Crippen molar-refractivity contribution < 1.29 is 18.6 Å². The van der Waals surface area contributed by atoms with Crippen LogP contribution in [0.5, 0.6) is 0 Å². The lowest BCUT2D eigenvalue weighted by Gasteiger charge is -2.23. The van der Waals surface area contributed by atoms with E-state index in [-0.39, 0.29) is 13.2 Å². The van der Waals surface area contributed by atoms with Gasteiger partial charge in [0.05, 0.1) is 38.5 Å². The summed E-state index contributed by atoms with van der Waals surface area (Å²) < 4.78 is 33.4. The molecule has 1 N–H and O–H groups in total. The quantitative estimate of drug-likeness (QED) is 0.553. The summed E-state index contributed by atoms with van der Waals surface area (Å²) in [6.45, 7) is 0.0494. The Morgan fingerprint density at radius 1 is 0.938 bits per heavy atom. The molecule has 4 unspecified atom stereocenters. The monoisotopic (exact) mass is 440 g/mol. The summed E-state index contributed by atoms with van der Waals surface area (Å²) in [7, 11) is 0. The van der Waals surface area contributed by atoms with Crippen LogP contribution < -0.4 is 11.2 Å². The van der Waals surface area contributed by atoms with Crippen molar-refractivity contribution in [2.75, 3.05) is 13.3 Å². The lowest BCUT2D eigenvalue weighted by molar-refractivity contribution is -0.0832. The zero-order valence-electron chi connectivity index (χ0n) is 17.4. The van der Waals surface area contributed by atoms with Crippen LogP contribution in [0.25, 0.3) is 0 Å². The van der Waals surface area contributed by atoms with E-state index in [1.54, 1.807) is 0 Å². The minimum Gasteiger partial charge on any atom is -0.374 e. The van der Waals surface area contributed by atoms with Gasteiger partial charge in [-0.15, -0.1) is 0 Å². The first-order valence-corrected chi connectivity index (χ1v) is 10.5. The molecule has 1 aliphatic rings. The van der Waals surface area contributed by atoms with Crippen molar-refractivity contribution in [2.45, 2.75) is 31.6 Å². The number of hydrogen-bond donors (Lipinski definition) is 1. The van der Waals surface area contributed by atoms with Crippen LogP contribution in [0.15, 0.2) is 82.5 Å². The summed E-state index contributed by atoms with van der Waals surface area (Å²) >= 11 is 0. The molecule has 0 amide bonds. The molecule has 1 aliphatic heterocycles. The number of ether oxygens (including phenoxy) is 3. The van der Waals surface area contributed by atoms with Crippen LogP contribution in [-0.2, 0) is 27.4 Å². The van der Waals surface area contributed by atoms with E-state index in [1.165, 1.54) is 16.8 Å². The number of benzene rings is 2. The molecular formula is C24H25FN2O5. The number of halogens is 1. The Balaban J connectivity index is 1.52. The number of nitrogens with zero attached hydrogens (tertiary/aromatic N) is 1. The van der Waals surface area contributed by atoms with Crippen LogP contribution in [0.3, 0.4) is 0 Å². The smallest absolute Gasteiger partial charge is 0.330 e. The Bertz CT molecular complexity index is 1100. The fourth-order valence-electron chi connectivity index (χ4n) is 3.86. The van der Waals surface area contributed by atoms with Gasteiger partial charge in [0.2, 0.25) is 0 Å². The van der Waals surface area contributed by atoms with Gasteiger partial charge in [-0.25, -0.2) is 4.79 Å². The molecule has 32 heavy (non-hydrogen) atoms. The number of hydrogen-bond acceptors (Lipinski definition) is 5. The highest BCUT2D eigenvalue weighted by molar-refractivity contribution is 5.14. The van der Waals surface area contributed by atoms with Crippen LogP contribution >= 0.6 is 0 Å². The first-order chi connectivity index (χ1) is 15.7. The first-order valence-electron chi connectivity index (χ1n) is 10.5. The number of alkyl halides is 1. The molecular weight excluding hydrogens is 415 g/mol. The van der Waals surface area contributed by atoms with Gasteiger partial charge in [0, 0.05) is 12.3 Å². The summed E-state index contributed by atoms with van der Waals surface area (Å²) in [5.74, 6) is -0.743. The van der Waals surface area contributed by atoms with Gasteiger partial charge in [0.1, 0.15) is 12.3 Å². The van der Waals surface area contributed by atoms with E-state index in [1.807, 2.05) is 60.7 Å². The van der Waals surface area contributed by atoms with Crippen LogP contribution in [0.1, 0.15) is 17.4 Å². The molecule has 0 bridgehead atoms. The Labute approximate surface area is 184 Å². The van der Waals surface area contributed by atoms with Crippen molar-refractivity contribution in [3.63, 3.8) is 0 Å². The minimum absolute atomic E-state index is 0.166. The van der Waals surface area contributed by atoms with E-state index < -0.39 is 42.3 Å². The minimum atomic E-state index is -0.921. The molecule has 1 saturated heterocycles. The Hall–Kier alpha value is -3.07. The van der Waals surface area contributed by atoms with Crippen LogP contribution in [-0.4, -0.2) is 35.0 Å². The molecule has 0 radical (unpaired) electrons. The van der Waals surface area contributed by atoms with Crippen molar-refractivity contribution in [1.29, 1.82) is 0 Å². The molecule has 4 rings (SSSR count). The zero-order chi connectivity index (χ0) is 22.3. The van der Waals surface area contributed by atoms with E-state index in [9.17, 15) is 14.0 Å². The van der Waals surface area contributed by atoms with E-state index in [0.29, 0.717) is 6.61 Å². The van der Waals surface area contributed by atoms with Gasteiger partial charge in [-0.2, -0.15) is 0 Å². The predicted octanol–water partition coefficient (Wildman–Crippen LogP) is 2.82. The Morgan fingerprint density at radius 2 is 1.59 bits per heavy atom. The van der Waals surface area contributed by atoms with E-state index in [2.05, 4.69) is 4.98 Å². The molecule has 8 heteroatoms. The number of rotatable bonds is 9. The molecule has 2 aromatic carbocycles. The fourth-order valence-corrected chi connectivity index (χ4v) is 3.86. The molecule has 3 aromatic rings. The van der Waals surface area contributed by atoms with Crippen molar-refractivity contribution in [3.05, 3.63) is 105 Å². The highest BCUT2D eigenvalue weighted by atomic mass is 19.1. The summed E-state index contributed by atoms with van der Waals surface area (Å²) in [6, 6.07) is 20.4. The van der Waals surface area contributed by atoms with Crippen molar-refractivity contribution in [3.8, 4) is 0 Å². The van der Waals surface area contributed by atoms with Gasteiger partial charge >= 0.3 is 5.69 Å². The van der Waals surface area contributed by atoms with Crippen LogP contribution in [0.4, 0.5) is 4.39 Å². The van der Waals surface area contributed by atoms with E-state index in [4.69, 9.17) is 14.2 Å². The topological polar surface area (TPSA) is 82.5 Å². The maximum absolute atomic E-state index is 14.2. The number of nitrogens with one attached hydrogen (secondary N) is 1. The van der Waals surface area contributed by atoms with Crippen molar-refractivity contribution in [2.24, 2.45) is 5.92 Å². The lowest BCUT2D eigenvalue weighted by Crippen LogP contribution is -2.36. The third kappa shape index (κ3) is 5.21. The van der Waals surface area contributed by atoms with E-state index in [0.717, 1.165) is 11.1 Å². The molecule has 0 saturated carbocycles. The molecule has 1 aromatic heterocycles. The third-order valence-corrected chi connectivity index (χ3v) is 5.45.